The number of aliphatic hydroxyl groups is 1. The van der Waals surface area contributed by atoms with Crippen molar-refractivity contribution in [1.82, 2.24) is 10.2 Å². The summed E-state index contributed by atoms with van der Waals surface area (Å²) in [7, 11) is 0. The van der Waals surface area contributed by atoms with Gasteiger partial charge in [-0.25, -0.2) is 9.38 Å². The van der Waals surface area contributed by atoms with Gasteiger partial charge >= 0.3 is 0 Å². The summed E-state index contributed by atoms with van der Waals surface area (Å²) in [5.41, 5.74) is 2.55. The van der Waals surface area contributed by atoms with Crippen molar-refractivity contribution in [2.75, 3.05) is 13.1 Å². The zero-order chi connectivity index (χ0) is 23.0. The van der Waals surface area contributed by atoms with Crippen molar-refractivity contribution in [3.8, 4) is 5.75 Å². The predicted molar refractivity (Wildman–Crippen MR) is 121 cm³/mol. The highest BCUT2D eigenvalue weighted by Gasteiger charge is 2.32. The maximum atomic E-state index is 14.0. The molecule has 0 atom stereocenters. The molecule has 0 radical (unpaired) electrons. The smallest absolute Gasteiger partial charge is 0.258 e. The van der Waals surface area contributed by atoms with Gasteiger partial charge in [-0.15, -0.1) is 0 Å². The van der Waals surface area contributed by atoms with Crippen molar-refractivity contribution in [2.45, 2.75) is 51.7 Å². The second-order valence-corrected chi connectivity index (χ2v) is 8.79. The molecule has 1 saturated heterocycles. The van der Waals surface area contributed by atoms with E-state index in [9.17, 15) is 14.3 Å². The molecule has 0 aromatic heterocycles. The highest BCUT2D eigenvalue weighted by atomic mass is 35.5. The van der Waals surface area contributed by atoms with Crippen LogP contribution in [0.25, 0.3) is 0 Å². The number of carbonyl (C=O) groups is 1. The molecule has 1 aromatic carbocycles. The number of amides is 1. The lowest BCUT2D eigenvalue weighted by Crippen LogP contribution is -2.31. The SMILES string of the molecule is CC1=N/C(=C2\CN(C(=O)c3ccc(F)cc3O[C@H]3CC[C@@H](O)CC3)CC2=N)NC(C)=C1Cl. The highest BCUT2D eigenvalue weighted by molar-refractivity contribution is 6.43. The van der Waals surface area contributed by atoms with Gasteiger partial charge in [-0.05, 0) is 51.7 Å². The molecule has 2 heterocycles. The molecule has 1 aromatic rings. The standard InChI is InChI=1S/C23H26ClFN4O3/c1-12-21(24)13(2)28-22(27-12)18-10-29(11-19(18)26)23(31)17-8-3-14(25)9-20(17)32-16-6-4-15(30)5-7-16/h3,8-9,15-16,26-27,30H,4-7,10-11H2,1-2H3/b22-18+,26-19?/t15-,16+. The van der Waals surface area contributed by atoms with Crippen LogP contribution in [-0.2, 0) is 0 Å². The average Bonchev–Trinajstić information content (AvgIpc) is 3.14. The molecule has 0 bridgehead atoms. The fourth-order valence-corrected chi connectivity index (χ4v) is 4.25. The largest absolute Gasteiger partial charge is 0.489 e. The van der Waals surface area contributed by atoms with Gasteiger partial charge in [-0.2, -0.15) is 0 Å². The second kappa shape index (κ2) is 9.03. The molecule has 3 aliphatic rings. The van der Waals surface area contributed by atoms with Crippen LogP contribution in [0.3, 0.4) is 0 Å². The van der Waals surface area contributed by atoms with Gasteiger partial charge in [0.2, 0.25) is 0 Å². The quantitative estimate of drug-likeness (QED) is 0.640. The lowest BCUT2D eigenvalue weighted by Gasteiger charge is -2.27. The maximum absolute atomic E-state index is 14.0. The Labute approximate surface area is 191 Å². The van der Waals surface area contributed by atoms with E-state index in [1.165, 1.54) is 23.1 Å². The number of carbonyl (C=O) groups excluding carboxylic acids is 1. The molecule has 3 N–H and O–H groups in total. The molecule has 32 heavy (non-hydrogen) atoms. The van der Waals surface area contributed by atoms with Gasteiger partial charge in [-0.1, -0.05) is 11.6 Å². The fourth-order valence-electron chi connectivity index (χ4n) is 4.16. The third-order valence-electron chi connectivity index (χ3n) is 5.98. The van der Waals surface area contributed by atoms with Crippen molar-refractivity contribution in [2.24, 2.45) is 4.99 Å². The Morgan fingerprint density at radius 3 is 2.69 bits per heavy atom. The third-order valence-corrected chi connectivity index (χ3v) is 6.54. The minimum atomic E-state index is -0.486. The molecule has 2 aliphatic heterocycles. The summed E-state index contributed by atoms with van der Waals surface area (Å²) in [6.07, 6.45) is 2.02. The number of allylic oxidation sites excluding steroid dienone is 2. The summed E-state index contributed by atoms with van der Waals surface area (Å²) >= 11 is 6.19. The topological polar surface area (TPSA) is 98.0 Å². The fraction of sp³-hybridized carbons (Fsp3) is 0.435. The van der Waals surface area contributed by atoms with Crippen molar-refractivity contribution in [3.05, 3.63) is 51.7 Å². The van der Waals surface area contributed by atoms with E-state index in [0.717, 1.165) is 5.70 Å². The molecule has 170 valence electrons. The van der Waals surface area contributed by atoms with Gasteiger partial charge in [0.1, 0.15) is 17.4 Å². The lowest BCUT2D eigenvalue weighted by molar-refractivity contribution is 0.0640. The first-order valence-electron chi connectivity index (χ1n) is 10.7. The van der Waals surface area contributed by atoms with E-state index in [0.29, 0.717) is 47.8 Å². The summed E-state index contributed by atoms with van der Waals surface area (Å²) in [5, 5.41) is 21.7. The molecule has 1 aliphatic carbocycles. The normalized spacial score (nSPS) is 26.2. The Kier molecular flexibility index (Phi) is 6.35. The summed E-state index contributed by atoms with van der Waals surface area (Å²) in [4.78, 5) is 19.3. The minimum absolute atomic E-state index is 0.122. The van der Waals surface area contributed by atoms with Gasteiger partial charge in [0.05, 0.1) is 47.3 Å². The Morgan fingerprint density at radius 2 is 2.00 bits per heavy atom. The summed E-state index contributed by atoms with van der Waals surface area (Å²) in [5.74, 6) is -0.113. The van der Waals surface area contributed by atoms with Gasteiger partial charge in [0.25, 0.3) is 5.91 Å². The first kappa shape index (κ1) is 22.5. The molecule has 9 heteroatoms. The summed E-state index contributed by atoms with van der Waals surface area (Å²) < 4.78 is 19.9. The van der Waals surface area contributed by atoms with Crippen LogP contribution in [0, 0.1) is 11.2 Å². The number of rotatable bonds is 3. The van der Waals surface area contributed by atoms with Crippen LogP contribution < -0.4 is 10.1 Å². The van der Waals surface area contributed by atoms with Crippen LogP contribution >= 0.6 is 11.6 Å². The minimum Gasteiger partial charge on any atom is -0.489 e. The molecule has 1 amide bonds. The Balaban J connectivity index is 1.55. The van der Waals surface area contributed by atoms with Gasteiger partial charge in [0.15, 0.2) is 0 Å². The zero-order valence-corrected chi connectivity index (χ0v) is 18.8. The molecule has 4 rings (SSSR count). The second-order valence-electron chi connectivity index (χ2n) is 8.42. The zero-order valence-electron chi connectivity index (χ0n) is 18.0. The first-order chi connectivity index (χ1) is 15.2. The molecule has 0 spiro atoms. The van der Waals surface area contributed by atoms with E-state index in [1.54, 1.807) is 6.92 Å². The number of hydrogen-bond donors (Lipinski definition) is 3. The van der Waals surface area contributed by atoms with Crippen molar-refractivity contribution in [1.29, 1.82) is 5.41 Å². The van der Waals surface area contributed by atoms with Crippen molar-refractivity contribution >= 4 is 28.9 Å². The van der Waals surface area contributed by atoms with E-state index >= 15 is 0 Å². The number of hydrogen-bond acceptors (Lipinski definition) is 6. The van der Waals surface area contributed by atoms with Crippen molar-refractivity contribution < 1.29 is 19.0 Å². The number of aliphatic imine (C=N–C) groups is 1. The molecular weight excluding hydrogens is 435 g/mol. The van der Waals surface area contributed by atoms with E-state index < -0.39 is 5.82 Å². The molecule has 7 nitrogen and oxygen atoms in total. The number of nitrogens with zero attached hydrogens (tertiary/aromatic N) is 2. The van der Waals surface area contributed by atoms with Gasteiger partial charge in [-0.3, -0.25) is 4.79 Å². The highest BCUT2D eigenvalue weighted by Crippen LogP contribution is 2.30. The van der Waals surface area contributed by atoms with Crippen LogP contribution in [0.4, 0.5) is 4.39 Å². The lowest BCUT2D eigenvalue weighted by atomic mass is 9.95. The van der Waals surface area contributed by atoms with Gasteiger partial charge in [0, 0.05) is 17.3 Å². The van der Waals surface area contributed by atoms with E-state index in [2.05, 4.69) is 10.3 Å². The maximum Gasteiger partial charge on any atom is 0.258 e. The van der Waals surface area contributed by atoms with Crippen LogP contribution in [-0.4, -0.2) is 52.6 Å². The third kappa shape index (κ3) is 4.56. The molecular formula is C23H26ClFN4O3. The van der Waals surface area contributed by atoms with Crippen LogP contribution in [0.15, 0.2) is 45.3 Å². The first-order valence-corrected chi connectivity index (χ1v) is 11.0. The number of aliphatic hydroxyl groups excluding tert-OH is 1. The van der Waals surface area contributed by atoms with Crippen LogP contribution in [0.1, 0.15) is 49.9 Å². The van der Waals surface area contributed by atoms with Crippen LogP contribution in [0.2, 0.25) is 0 Å². The van der Waals surface area contributed by atoms with Crippen LogP contribution in [0.5, 0.6) is 5.75 Å². The summed E-state index contributed by atoms with van der Waals surface area (Å²) in [6, 6.07) is 3.89. The van der Waals surface area contributed by atoms with E-state index in [-0.39, 0.29) is 48.2 Å². The van der Waals surface area contributed by atoms with E-state index in [1.807, 2.05) is 6.92 Å². The Bertz CT molecular complexity index is 1060. The summed E-state index contributed by atoms with van der Waals surface area (Å²) in [6.45, 7) is 3.95. The molecule has 0 unspecified atom stereocenters. The van der Waals surface area contributed by atoms with E-state index in [4.69, 9.17) is 21.7 Å². The van der Waals surface area contributed by atoms with Crippen molar-refractivity contribution in [3.63, 3.8) is 0 Å². The Hall–Kier alpha value is -2.71. The molecule has 1 saturated carbocycles. The van der Waals surface area contributed by atoms with Gasteiger partial charge < -0.3 is 25.5 Å². The number of likely N-dealkylation sites (tertiary alicyclic amines) is 1. The number of halogens is 2. The molecule has 2 fully saturated rings. The monoisotopic (exact) mass is 460 g/mol. The average molecular weight is 461 g/mol. The number of benzene rings is 1. The number of ether oxygens (including phenoxy) is 1. The Morgan fingerprint density at radius 1 is 1.28 bits per heavy atom. The number of nitrogens with one attached hydrogen (secondary N) is 2. The predicted octanol–water partition coefficient (Wildman–Crippen LogP) is 3.73.